The van der Waals surface area contributed by atoms with Gasteiger partial charge in [-0.3, -0.25) is 0 Å². The van der Waals surface area contributed by atoms with Gasteiger partial charge in [-0.2, -0.15) is 0 Å². The fourth-order valence-electron chi connectivity index (χ4n) is 2.96. The summed E-state index contributed by atoms with van der Waals surface area (Å²) in [7, 11) is 1.93. The van der Waals surface area contributed by atoms with Crippen molar-refractivity contribution >= 4 is 11.4 Å². The fourth-order valence-corrected chi connectivity index (χ4v) is 2.96. The highest BCUT2D eigenvalue weighted by atomic mass is 19.1. The predicted octanol–water partition coefficient (Wildman–Crippen LogP) is 4.66. The molecule has 0 saturated heterocycles. The number of rotatable bonds is 4. The van der Waals surface area contributed by atoms with Crippen molar-refractivity contribution in [3.05, 3.63) is 24.0 Å². The molecule has 2 rings (SSSR count). The molecule has 0 aliphatic heterocycles. The molecule has 1 fully saturated rings. The van der Waals surface area contributed by atoms with Crippen LogP contribution in [0.3, 0.4) is 0 Å². The van der Waals surface area contributed by atoms with Gasteiger partial charge in [-0.1, -0.05) is 13.8 Å². The van der Waals surface area contributed by atoms with Crippen LogP contribution in [-0.4, -0.2) is 19.1 Å². The molecule has 0 bridgehead atoms. The molecule has 3 heteroatoms. The van der Waals surface area contributed by atoms with Crippen LogP contribution in [0.4, 0.5) is 15.8 Å². The number of nitrogens with zero attached hydrogens (tertiary/aromatic N) is 1. The maximum absolute atomic E-state index is 14.2. The van der Waals surface area contributed by atoms with E-state index < -0.39 is 0 Å². The Hall–Kier alpha value is -1.25. The summed E-state index contributed by atoms with van der Waals surface area (Å²) in [5, 5.41) is 3.47. The molecule has 20 heavy (non-hydrogen) atoms. The van der Waals surface area contributed by atoms with E-state index in [9.17, 15) is 4.39 Å². The summed E-state index contributed by atoms with van der Waals surface area (Å²) in [6, 6.07) is 6.25. The third-order valence-electron chi connectivity index (χ3n) is 4.44. The molecule has 0 aromatic heterocycles. The average Bonchev–Trinajstić information content (AvgIpc) is 2.68. The molecule has 1 aliphatic carbocycles. The quantitative estimate of drug-likeness (QED) is 0.861. The van der Waals surface area contributed by atoms with Crippen LogP contribution in [0.15, 0.2) is 18.2 Å². The third kappa shape index (κ3) is 3.44. The van der Waals surface area contributed by atoms with Crippen LogP contribution in [0.25, 0.3) is 0 Å². The Morgan fingerprint density at radius 3 is 2.55 bits per heavy atom. The molecule has 1 N–H and O–H groups in total. The Morgan fingerprint density at radius 2 is 2.05 bits per heavy atom. The maximum Gasteiger partial charge on any atom is 0.148 e. The van der Waals surface area contributed by atoms with Crippen molar-refractivity contribution in [2.24, 2.45) is 5.41 Å². The van der Waals surface area contributed by atoms with Gasteiger partial charge in [0.05, 0.1) is 5.69 Å². The lowest BCUT2D eigenvalue weighted by Crippen LogP contribution is -2.26. The number of benzene rings is 1. The topological polar surface area (TPSA) is 15.3 Å². The van der Waals surface area contributed by atoms with Gasteiger partial charge in [0, 0.05) is 24.8 Å². The molecule has 0 amide bonds. The summed E-state index contributed by atoms with van der Waals surface area (Å²) < 4.78 is 14.2. The Labute approximate surface area is 122 Å². The van der Waals surface area contributed by atoms with E-state index in [2.05, 4.69) is 33.0 Å². The molecular formula is C17H27FN2. The minimum Gasteiger partial charge on any atom is -0.382 e. The minimum absolute atomic E-state index is 0.150. The van der Waals surface area contributed by atoms with Crippen LogP contribution >= 0.6 is 0 Å². The molecule has 2 nitrogen and oxygen atoms in total. The van der Waals surface area contributed by atoms with Crippen molar-refractivity contribution in [2.75, 3.05) is 17.3 Å². The lowest BCUT2D eigenvalue weighted by Gasteiger charge is -2.25. The van der Waals surface area contributed by atoms with Crippen LogP contribution in [0.1, 0.15) is 47.0 Å². The molecule has 1 saturated carbocycles. The second kappa shape index (κ2) is 5.63. The van der Waals surface area contributed by atoms with Crippen LogP contribution in [0, 0.1) is 11.2 Å². The van der Waals surface area contributed by atoms with E-state index in [-0.39, 0.29) is 5.82 Å². The van der Waals surface area contributed by atoms with Gasteiger partial charge >= 0.3 is 0 Å². The predicted molar refractivity (Wildman–Crippen MR) is 85.0 cm³/mol. The van der Waals surface area contributed by atoms with Gasteiger partial charge < -0.3 is 10.2 Å². The first-order valence-corrected chi connectivity index (χ1v) is 7.57. The molecule has 1 aliphatic rings. The molecular weight excluding hydrogens is 251 g/mol. The maximum atomic E-state index is 14.2. The Morgan fingerprint density at radius 1 is 1.35 bits per heavy atom. The Kier molecular flexibility index (Phi) is 4.26. The van der Waals surface area contributed by atoms with Crippen molar-refractivity contribution in [2.45, 2.75) is 59.0 Å². The number of hydrogen-bond donors (Lipinski definition) is 1. The summed E-state index contributed by atoms with van der Waals surface area (Å²) >= 11 is 0. The molecule has 0 spiro atoms. The molecule has 1 aromatic rings. The van der Waals surface area contributed by atoms with E-state index >= 15 is 0 Å². The fraction of sp³-hybridized carbons (Fsp3) is 0.647. The van der Waals surface area contributed by atoms with Gasteiger partial charge in [-0.25, -0.2) is 4.39 Å². The Balaban J connectivity index is 2.06. The second-order valence-corrected chi connectivity index (χ2v) is 7.12. The lowest BCUT2D eigenvalue weighted by molar-refractivity contribution is 0.378. The number of hydrogen-bond acceptors (Lipinski definition) is 2. The molecule has 1 atom stereocenters. The highest BCUT2D eigenvalue weighted by Gasteiger charge is 2.30. The van der Waals surface area contributed by atoms with Gasteiger partial charge in [0.1, 0.15) is 5.82 Å². The van der Waals surface area contributed by atoms with E-state index in [0.29, 0.717) is 23.2 Å². The normalized spacial score (nSPS) is 21.2. The second-order valence-electron chi connectivity index (χ2n) is 7.12. The SMILES string of the molecule is CC(C)N(C)c1ccc(NC2CCC(C)(C)C2)cc1F. The number of halogens is 1. The standard InChI is InChI=1S/C17H27FN2/c1-12(2)20(5)16-7-6-13(10-15(16)18)19-14-8-9-17(3,4)11-14/h6-7,10,12,14,19H,8-9,11H2,1-5H3. The first-order chi connectivity index (χ1) is 9.28. The summed E-state index contributed by atoms with van der Waals surface area (Å²) in [6.07, 6.45) is 3.56. The first kappa shape index (κ1) is 15.1. The monoisotopic (exact) mass is 278 g/mol. The largest absolute Gasteiger partial charge is 0.382 e. The zero-order valence-electron chi connectivity index (χ0n) is 13.3. The molecule has 1 unspecified atom stereocenters. The van der Waals surface area contributed by atoms with Crippen molar-refractivity contribution in [1.29, 1.82) is 0 Å². The van der Waals surface area contributed by atoms with Gasteiger partial charge in [0.15, 0.2) is 0 Å². The van der Waals surface area contributed by atoms with Crippen molar-refractivity contribution in [3.63, 3.8) is 0 Å². The van der Waals surface area contributed by atoms with Crippen molar-refractivity contribution in [1.82, 2.24) is 0 Å². The van der Waals surface area contributed by atoms with E-state index in [4.69, 9.17) is 0 Å². The highest BCUT2D eigenvalue weighted by Crippen LogP contribution is 2.38. The van der Waals surface area contributed by atoms with E-state index in [1.165, 1.54) is 12.8 Å². The molecule has 0 radical (unpaired) electrons. The van der Waals surface area contributed by atoms with Crippen LogP contribution in [-0.2, 0) is 0 Å². The zero-order chi connectivity index (χ0) is 14.9. The van der Waals surface area contributed by atoms with E-state index in [0.717, 1.165) is 12.1 Å². The van der Waals surface area contributed by atoms with Crippen molar-refractivity contribution in [3.8, 4) is 0 Å². The van der Waals surface area contributed by atoms with Crippen LogP contribution < -0.4 is 10.2 Å². The molecule has 112 valence electrons. The lowest BCUT2D eigenvalue weighted by atomic mass is 9.92. The van der Waals surface area contributed by atoms with E-state index in [1.54, 1.807) is 6.07 Å². The average molecular weight is 278 g/mol. The molecule has 1 aromatic carbocycles. The minimum atomic E-state index is -0.150. The summed E-state index contributed by atoms with van der Waals surface area (Å²) in [5.74, 6) is -0.150. The van der Waals surface area contributed by atoms with Gasteiger partial charge in [-0.05, 0) is 56.7 Å². The van der Waals surface area contributed by atoms with Crippen LogP contribution in [0.5, 0.6) is 0 Å². The van der Waals surface area contributed by atoms with Crippen molar-refractivity contribution < 1.29 is 4.39 Å². The smallest absolute Gasteiger partial charge is 0.148 e. The van der Waals surface area contributed by atoms with Gasteiger partial charge in [0.2, 0.25) is 0 Å². The number of anilines is 2. The first-order valence-electron chi connectivity index (χ1n) is 7.57. The third-order valence-corrected chi connectivity index (χ3v) is 4.44. The van der Waals surface area contributed by atoms with Gasteiger partial charge in [0.25, 0.3) is 0 Å². The Bertz CT molecular complexity index is 468. The van der Waals surface area contributed by atoms with Gasteiger partial charge in [-0.15, -0.1) is 0 Å². The van der Waals surface area contributed by atoms with E-state index in [1.807, 2.05) is 24.1 Å². The highest BCUT2D eigenvalue weighted by molar-refractivity contribution is 5.56. The molecule has 0 heterocycles. The van der Waals surface area contributed by atoms with Crippen LogP contribution in [0.2, 0.25) is 0 Å². The number of nitrogens with one attached hydrogen (secondary N) is 1. The summed E-state index contributed by atoms with van der Waals surface area (Å²) in [5.41, 5.74) is 1.97. The zero-order valence-corrected chi connectivity index (χ0v) is 13.3. The summed E-state index contributed by atoms with van der Waals surface area (Å²) in [4.78, 5) is 1.96. The summed E-state index contributed by atoms with van der Waals surface area (Å²) in [6.45, 7) is 8.73.